The Balaban J connectivity index is 1.50. The van der Waals surface area contributed by atoms with Crippen LogP contribution in [-0.4, -0.2) is 42.4 Å². The highest BCUT2D eigenvalue weighted by molar-refractivity contribution is 6.22. The van der Waals surface area contributed by atoms with Crippen molar-refractivity contribution in [3.8, 4) is 5.75 Å². The second-order valence-electron chi connectivity index (χ2n) is 8.34. The van der Waals surface area contributed by atoms with E-state index >= 15 is 0 Å². The average molecular weight is 448 g/mol. The van der Waals surface area contributed by atoms with Gasteiger partial charge < -0.3 is 15.0 Å². The van der Waals surface area contributed by atoms with Crippen molar-refractivity contribution >= 4 is 29.2 Å². The molecule has 0 radical (unpaired) electrons. The first-order valence-corrected chi connectivity index (χ1v) is 11.4. The molecule has 172 valence electrons. The molecule has 1 aliphatic heterocycles. The van der Waals surface area contributed by atoms with E-state index in [0.29, 0.717) is 23.7 Å². The maximum atomic E-state index is 13.3. The quantitative estimate of drug-likeness (QED) is 0.468. The van der Waals surface area contributed by atoms with Crippen LogP contribution in [0.5, 0.6) is 5.75 Å². The average Bonchev–Trinajstić information content (AvgIpc) is 3.08. The number of nitrogens with zero attached hydrogens (tertiary/aromatic N) is 2. The van der Waals surface area contributed by atoms with Crippen LogP contribution in [0.15, 0.2) is 66.2 Å². The zero-order valence-electron chi connectivity index (χ0n) is 18.8. The molecule has 0 spiro atoms. The van der Waals surface area contributed by atoms with Gasteiger partial charge in [-0.3, -0.25) is 9.59 Å². The zero-order chi connectivity index (χ0) is 23.2. The molecule has 2 aromatic carbocycles. The Morgan fingerprint density at radius 3 is 2.48 bits per heavy atom. The summed E-state index contributed by atoms with van der Waals surface area (Å²) in [6.07, 6.45) is 7.31. The van der Waals surface area contributed by atoms with Crippen LogP contribution in [0.1, 0.15) is 38.5 Å². The van der Waals surface area contributed by atoms with Gasteiger partial charge in [0.2, 0.25) is 5.91 Å². The molecule has 1 fully saturated rings. The molecule has 0 saturated carbocycles. The second-order valence-corrected chi connectivity index (χ2v) is 8.34. The lowest BCUT2D eigenvalue weighted by Crippen LogP contribution is -2.38. The second kappa shape index (κ2) is 10.3. The molecule has 33 heavy (non-hydrogen) atoms. The van der Waals surface area contributed by atoms with Gasteiger partial charge in [0.15, 0.2) is 0 Å². The minimum atomic E-state index is -0.833. The van der Waals surface area contributed by atoms with Gasteiger partial charge in [0, 0.05) is 12.2 Å². The van der Waals surface area contributed by atoms with E-state index in [4.69, 9.17) is 4.74 Å². The summed E-state index contributed by atoms with van der Waals surface area (Å²) in [5, 5.41) is 2.82. The van der Waals surface area contributed by atoms with Crippen LogP contribution >= 0.6 is 0 Å². The molecule has 4 rings (SSSR count). The van der Waals surface area contributed by atoms with E-state index in [1.54, 1.807) is 60.5 Å². The van der Waals surface area contributed by atoms with Gasteiger partial charge in [-0.05, 0) is 68.5 Å². The number of hydrogen-bond acceptors (Lipinski definition) is 4. The maximum absolute atomic E-state index is 13.3. The lowest BCUT2D eigenvalue weighted by Gasteiger charge is -2.23. The number of nitrogens with one attached hydrogen (secondary N) is 1. The molecule has 1 saturated heterocycles. The van der Waals surface area contributed by atoms with Crippen molar-refractivity contribution in [2.45, 2.75) is 44.6 Å². The lowest BCUT2D eigenvalue weighted by molar-refractivity contribution is -0.124. The predicted molar refractivity (Wildman–Crippen MR) is 127 cm³/mol. The van der Waals surface area contributed by atoms with Crippen molar-refractivity contribution in [1.82, 2.24) is 4.90 Å². The van der Waals surface area contributed by atoms with Crippen LogP contribution in [0.3, 0.4) is 0 Å². The first kappa shape index (κ1) is 22.6. The van der Waals surface area contributed by atoms with E-state index in [-0.39, 0.29) is 24.3 Å². The molecule has 0 aromatic heterocycles. The Morgan fingerprint density at radius 1 is 1.06 bits per heavy atom. The van der Waals surface area contributed by atoms with E-state index in [1.165, 1.54) is 16.9 Å². The van der Waals surface area contributed by atoms with E-state index < -0.39 is 6.04 Å². The predicted octanol–water partition coefficient (Wildman–Crippen LogP) is 4.75. The van der Waals surface area contributed by atoms with E-state index in [2.05, 4.69) is 11.4 Å². The van der Waals surface area contributed by atoms with Gasteiger partial charge in [0.05, 0.1) is 19.2 Å². The van der Waals surface area contributed by atoms with Crippen molar-refractivity contribution in [3.05, 3.63) is 66.2 Å². The van der Waals surface area contributed by atoms with Gasteiger partial charge in [-0.25, -0.2) is 9.69 Å². The Morgan fingerprint density at radius 2 is 1.82 bits per heavy atom. The number of carbonyl (C=O) groups is 3. The third-order valence-electron chi connectivity index (χ3n) is 6.14. The fraction of sp³-hybridized carbons (Fsp3) is 0.346. The first-order chi connectivity index (χ1) is 16.1. The highest BCUT2D eigenvalue weighted by Crippen LogP contribution is 2.29. The molecule has 2 aromatic rings. The topological polar surface area (TPSA) is 79.0 Å². The SMILES string of the molecule is COc1ccc(NC(=O)CC2C(=O)N(c3ccccc3)C(=O)N2CCC2=CCCCC2)cc1. The number of carbonyl (C=O) groups excluding carboxylic acids is 3. The number of rotatable bonds is 8. The van der Waals surface area contributed by atoms with Gasteiger partial charge in [-0.2, -0.15) is 0 Å². The fourth-order valence-electron chi connectivity index (χ4n) is 4.36. The van der Waals surface area contributed by atoms with Gasteiger partial charge >= 0.3 is 6.03 Å². The number of methoxy groups -OCH3 is 1. The van der Waals surface area contributed by atoms with Crippen LogP contribution in [0.25, 0.3) is 0 Å². The third-order valence-corrected chi connectivity index (χ3v) is 6.14. The first-order valence-electron chi connectivity index (χ1n) is 11.4. The molecule has 7 heteroatoms. The van der Waals surface area contributed by atoms with Crippen LogP contribution < -0.4 is 15.0 Å². The summed E-state index contributed by atoms with van der Waals surface area (Å²) in [6.45, 7) is 0.417. The van der Waals surface area contributed by atoms with E-state index in [0.717, 1.165) is 25.7 Å². The Kier molecular flexibility index (Phi) is 7.07. The maximum Gasteiger partial charge on any atom is 0.332 e. The lowest BCUT2D eigenvalue weighted by atomic mass is 9.97. The number of hydrogen-bond donors (Lipinski definition) is 1. The monoisotopic (exact) mass is 447 g/mol. The summed E-state index contributed by atoms with van der Waals surface area (Å²) < 4.78 is 5.14. The van der Waals surface area contributed by atoms with Crippen LogP contribution in [0.4, 0.5) is 16.2 Å². The smallest absolute Gasteiger partial charge is 0.332 e. The Bertz CT molecular complexity index is 1030. The third kappa shape index (κ3) is 5.25. The molecule has 1 atom stereocenters. The number of para-hydroxylation sites is 1. The van der Waals surface area contributed by atoms with Gasteiger partial charge in [-0.1, -0.05) is 29.8 Å². The molecular formula is C26H29N3O4. The Hall–Kier alpha value is -3.61. The van der Waals surface area contributed by atoms with Crippen LogP contribution in [-0.2, 0) is 9.59 Å². The van der Waals surface area contributed by atoms with Crippen molar-refractivity contribution in [1.29, 1.82) is 0 Å². The minimum absolute atomic E-state index is 0.0982. The van der Waals surface area contributed by atoms with Gasteiger partial charge in [0.25, 0.3) is 5.91 Å². The number of amides is 4. The summed E-state index contributed by atoms with van der Waals surface area (Å²) in [5.74, 6) is 0.00285. The fourth-order valence-corrected chi connectivity index (χ4v) is 4.36. The standard InChI is InChI=1S/C26H29N3O4/c1-33-22-14-12-20(13-15-22)27-24(30)18-23-25(31)29(21-10-6-3-7-11-21)26(32)28(23)17-16-19-8-4-2-5-9-19/h3,6-8,10-15,23H,2,4-5,9,16-18H2,1H3,(H,27,30). The largest absolute Gasteiger partial charge is 0.497 e. The highest BCUT2D eigenvalue weighted by atomic mass is 16.5. The summed E-state index contributed by atoms with van der Waals surface area (Å²) in [4.78, 5) is 42.1. The number of benzene rings is 2. The normalized spacial score (nSPS) is 18.3. The molecule has 1 N–H and O–H groups in total. The molecule has 0 bridgehead atoms. The molecule has 2 aliphatic rings. The minimum Gasteiger partial charge on any atom is -0.497 e. The van der Waals surface area contributed by atoms with Gasteiger partial charge in [0.1, 0.15) is 11.8 Å². The summed E-state index contributed by atoms with van der Waals surface area (Å²) in [6, 6.07) is 14.7. The van der Waals surface area contributed by atoms with Gasteiger partial charge in [-0.15, -0.1) is 0 Å². The van der Waals surface area contributed by atoms with E-state index in [1.807, 2.05) is 6.07 Å². The van der Waals surface area contributed by atoms with Crippen molar-refractivity contribution in [2.24, 2.45) is 0 Å². The molecule has 1 unspecified atom stereocenters. The number of allylic oxidation sites excluding steroid dienone is 1. The molecular weight excluding hydrogens is 418 g/mol. The van der Waals surface area contributed by atoms with Crippen LogP contribution in [0, 0.1) is 0 Å². The molecule has 1 aliphatic carbocycles. The summed E-state index contributed by atoms with van der Waals surface area (Å²) in [5.41, 5.74) is 2.45. The van der Waals surface area contributed by atoms with Crippen molar-refractivity contribution < 1.29 is 19.1 Å². The summed E-state index contributed by atoms with van der Waals surface area (Å²) >= 11 is 0. The Labute approximate surface area is 194 Å². The van der Waals surface area contributed by atoms with Crippen molar-refractivity contribution in [2.75, 3.05) is 23.9 Å². The number of urea groups is 1. The molecule has 7 nitrogen and oxygen atoms in total. The molecule has 4 amide bonds. The summed E-state index contributed by atoms with van der Waals surface area (Å²) in [7, 11) is 1.58. The van der Waals surface area contributed by atoms with Crippen LogP contribution in [0.2, 0.25) is 0 Å². The molecule has 1 heterocycles. The van der Waals surface area contributed by atoms with E-state index in [9.17, 15) is 14.4 Å². The number of ether oxygens (including phenoxy) is 1. The highest BCUT2D eigenvalue weighted by Gasteiger charge is 2.46. The zero-order valence-corrected chi connectivity index (χ0v) is 18.8. The number of anilines is 2. The van der Waals surface area contributed by atoms with Crippen molar-refractivity contribution in [3.63, 3.8) is 0 Å². The number of imide groups is 1.